The molecule has 18 heavy (non-hydrogen) atoms. The van der Waals surface area contributed by atoms with Gasteiger partial charge in [0.25, 0.3) is 0 Å². The number of hydrogen-bond donors (Lipinski definition) is 2. The monoisotopic (exact) mass is 261 g/mol. The number of nitrogens with zero attached hydrogens (tertiary/aromatic N) is 1. The molecule has 2 rings (SSSR count). The van der Waals surface area contributed by atoms with Crippen LogP contribution in [0.25, 0.3) is 0 Å². The van der Waals surface area contributed by atoms with E-state index in [2.05, 4.69) is 4.98 Å². The second kappa shape index (κ2) is 3.94. The number of carbonyl (C=O) groups is 1. The fourth-order valence-electron chi connectivity index (χ4n) is 2.10. The van der Waals surface area contributed by atoms with E-state index in [-0.39, 0.29) is 18.4 Å². The molecule has 1 heterocycles. The minimum absolute atomic E-state index is 0.204. The van der Waals surface area contributed by atoms with Crippen LogP contribution in [-0.2, 0) is 16.4 Å². The maximum Gasteiger partial charge on any atom is 0.416 e. The fourth-order valence-corrected chi connectivity index (χ4v) is 2.10. The van der Waals surface area contributed by atoms with E-state index in [1.165, 1.54) is 0 Å². The zero-order valence-corrected chi connectivity index (χ0v) is 9.11. The largest absolute Gasteiger partial charge is 0.479 e. The van der Waals surface area contributed by atoms with Gasteiger partial charge < -0.3 is 10.2 Å². The van der Waals surface area contributed by atoms with Gasteiger partial charge in [-0.25, -0.2) is 4.79 Å². The summed E-state index contributed by atoms with van der Waals surface area (Å²) in [4.78, 5) is 14.4. The van der Waals surface area contributed by atoms with Gasteiger partial charge in [0.2, 0.25) is 0 Å². The van der Waals surface area contributed by atoms with Crippen LogP contribution in [0.4, 0.5) is 13.2 Å². The van der Waals surface area contributed by atoms with Crippen molar-refractivity contribution in [2.75, 3.05) is 0 Å². The third-order valence-corrected chi connectivity index (χ3v) is 3.21. The van der Waals surface area contributed by atoms with Crippen molar-refractivity contribution in [2.24, 2.45) is 0 Å². The first-order valence-electron chi connectivity index (χ1n) is 5.21. The van der Waals surface area contributed by atoms with E-state index in [1.54, 1.807) is 0 Å². The van der Waals surface area contributed by atoms with Crippen molar-refractivity contribution in [1.29, 1.82) is 0 Å². The van der Waals surface area contributed by atoms with Gasteiger partial charge in [0.05, 0.1) is 5.56 Å². The zero-order chi connectivity index (χ0) is 13.6. The molecule has 98 valence electrons. The Hall–Kier alpha value is -1.63. The normalized spacial score (nSPS) is 19.3. The van der Waals surface area contributed by atoms with E-state index in [1.807, 2.05) is 0 Å². The lowest BCUT2D eigenvalue weighted by molar-refractivity contribution is -0.150. The first-order valence-corrected chi connectivity index (χ1v) is 5.21. The van der Waals surface area contributed by atoms with Crippen LogP contribution < -0.4 is 0 Å². The lowest BCUT2D eigenvalue weighted by Gasteiger charge is -2.22. The van der Waals surface area contributed by atoms with Gasteiger partial charge in [0, 0.05) is 17.8 Å². The quantitative estimate of drug-likeness (QED) is 0.866. The van der Waals surface area contributed by atoms with Crippen molar-refractivity contribution in [2.45, 2.75) is 30.5 Å². The number of hydrogen-bond acceptors (Lipinski definition) is 3. The van der Waals surface area contributed by atoms with Crippen molar-refractivity contribution in [3.63, 3.8) is 0 Å². The molecular formula is C11H10F3NO3. The highest BCUT2D eigenvalue weighted by atomic mass is 19.4. The molecular weight excluding hydrogens is 251 g/mol. The van der Waals surface area contributed by atoms with Crippen molar-refractivity contribution in [1.82, 2.24) is 4.98 Å². The molecule has 0 radical (unpaired) electrons. The average Bonchev–Trinajstić information content (AvgIpc) is 3.08. The molecule has 1 aromatic rings. The molecule has 0 spiro atoms. The fraction of sp³-hybridized carbons (Fsp3) is 0.455. The van der Waals surface area contributed by atoms with Crippen LogP contribution in [0.3, 0.4) is 0 Å². The molecule has 0 aromatic carbocycles. The Morgan fingerprint density at radius 3 is 2.50 bits per heavy atom. The van der Waals surface area contributed by atoms with Gasteiger partial charge in [-0.2, -0.15) is 13.2 Å². The molecule has 2 N–H and O–H groups in total. The molecule has 1 aliphatic rings. The molecule has 4 nitrogen and oxygen atoms in total. The number of carboxylic acids is 1. The molecule has 1 unspecified atom stereocenters. The highest BCUT2D eigenvalue weighted by molar-refractivity contribution is 5.76. The number of halogens is 3. The number of pyridine rings is 1. The lowest BCUT2D eigenvalue weighted by atomic mass is 9.87. The first kappa shape index (κ1) is 12.8. The molecule has 0 amide bonds. The summed E-state index contributed by atoms with van der Waals surface area (Å²) in [5.41, 5.74) is -2.53. The number of aliphatic hydroxyl groups excluding tert-OH is 1. The molecule has 1 aliphatic carbocycles. The highest BCUT2D eigenvalue weighted by Crippen LogP contribution is 2.53. The highest BCUT2D eigenvalue weighted by Gasteiger charge is 2.56. The van der Waals surface area contributed by atoms with E-state index < -0.39 is 29.2 Å². The van der Waals surface area contributed by atoms with Gasteiger partial charge in [0.1, 0.15) is 0 Å². The van der Waals surface area contributed by atoms with E-state index in [0.717, 1.165) is 18.5 Å². The lowest BCUT2D eigenvalue weighted by Crippen LogP contribution is -2.35. The molecule has 0 aliphatic heterocycles. The second-order valence-corrected chi connectivity index (χ2v) is 4.32. The van der Waals surface area contributed by atoms with Crippen LogP contribution in [0, 0.1) is 0 Å². The van der Waals surface area contributed by atoms with Gasteiger partial charge in [0.15, 0.2) is 6.10 Å². The molecule has 1 saturated carbocycles. The summed E-state index contributed by atoms with van der Waals surface area (Å²) in [5, 5.41) is 18.3. The van der Waals surface area contributed by atoms with Crippen molar-refractivity contribution in [3.8, 4) is 0 Å². The first-order chi connectivity index (χ1) is 8.29. The van der Waals surface area contributed by atoms with E-state index >= 15 is 0 Å². The van der Waals surface area contributed by atoms with Crippen LogP contribution >= 0.6 is 0 Å². The van der Waals surface area contributed by atoms with Gasteiger partial charge in [-0.15, -0.1) is 0 Å². The summed E-state index contributed by atoms with van der Waals surface area (Å²) in [6.45, 7) is 0. The number of aliphatic hydroxyl groups is 1. The summed E-state index contributed by atoms with van der Waals surface area (Å²) in [6, 6.07) is 0.796. The zero-order valence-electron chi connectivity index (χ0n) is 9.11. The van der Waals surface area contributed by atoms with Gasteiger partial charge in [-0.1, -0.05) is 0 Å². The maximum absolute atomic E-state index is 12.8. The Balaban J connectivity index is 2.50. The van der Waals surface area contributed by atoms with Gasteiger partial charge in [-0.3, -0.25) is 4.98 Å². The predicted octanol–water partition coefficient (Wildman–Crippen LogP) is 1.58. The third-order valence-electron chi connectivity index (χ3n) is 3.21. The molecule has 7 heteroatoms. The predicted molar refractivity (Wildman–Crippen MR) is 53.8 cm³/mol. The minimum Gasteiger partial charge on any atom is -0.479 e. The maximum atomic E-state index is 12.8. The van der Waals surface area contributed by atoms with Crippen LogP contribution in [0.15, 0.2) is 18.5 Å². The number of aliphatic carboxylic acids is 1. The summed E-state index contributed by atoms with van der Waals surface area (Å²) < 4.78 is 38.4. The Labute approximate surface area is 100 Å². The van der Waals surface area contributed by atoms with Crippen molar-refractivity contribution < 1.29 is 28.2 Å². The van der Waals surface area contributed by atoms with E-state index in [4.69, 9.17) is 5.11 Å². The smallest absolute Gasteiger partial charge is 0.416 e. The van der Waals surface area contributed by atoms with Gasteiger partial charge in [-0.05, 0) is 24.5 Å². The van der Waals surface area contributed by atoms with Crippen LogP contribution in [-0.4, -0.2) is 27.3 Å². The molecule has 0 saturated heterocycles. The number of alkyl halides is 3. The summed E-state index contributed by atoms with van der Waals surface area (Å²) in [6.07, 6.45) is -4.04. The van der Waals surface area contributed by atoms with E-state index in [0.29, 0.717) is 0 Å². The summed E-state index contributed by atoms with van der Waals surface area (Å²) >= 11 is 0. The topological polar surface area (TPSA) is 70.4 Å². The Morgan fingerprint density at radius 1 is 1.44 bits per heavy atom. The van der Waals surface area contributed by atoms with Crippen molar-refractivity contribution in [3.05, 3.63) is 29.6 Å². The Morgan fingerprint density at radius 2 is 2.06 bits per heavy atom. The molecule has 1 fully saturated rings. The SMILES string of the molecule is O=C(O)C(O)C1(c2cnccc2C(F)(F)F)CC1. The summed E-state index contributed by atoms with van der Waals surface area (Å²) in [5.74, 6) is -1.52. The minimum atomic E-state index is -4.59. The van der Waals surface area contributed by atoms with Crippen LogP contribution in [0.1, 0.15) is 24.0 Å². The van der Waals surface area contributed by atoms with E-state index in [9.17, 15) is 23.1 Å². The Bertz CT molecular complexity index is 483. The van der Waals surface area contributed by atoms with Crippen LogP contribution in [0.2, 0.25) is 0 Å². The van der Waals surface area contributed by atoms with Crippen molar-refractivity contribution >= 4 is 5.97 Å². The van der Waals surface area contributed by atoms with Gasteiger partial charge >= 0.3 is 12.1 Å². The molecule has 1 atom stereocenters. The van der Waals surface area contributed by atoms with Crippen LogP contribution in [0.5, 0.6) is 0 Å². The average molecular weight is 261 g/mol. The standard InChI is InChI=1S/C11H10F3NO3/c12-11(13,14)6-1-4-15-5-7(6)10(2-3-10)8(16)9(17)18/h1,4-5,8,16H,2-3H2,(H,17,18). The Kier molecular flexibility index (Phi) is 2.81. The third kappa shape index (κ3) is 1.94. The molecule has 0 bridgehead atoms. The summed E-state index contributed by atoms with van der Waals surface area (Å²) in [7, 11) is 0. The number of rotatable bonds is 3. The molecule has 1 aromatic heterocycles. The number of carboxylic acid groups (broad SMARTS) is 1. The number of aromatic nitrogens is 1. The second-order valence-electron chi connectivity index (χ2n) is 4.32.